The number of rotatable bonds is 3. The molecule has 0 spiro atoms. The van der Waals surface area contributed by atoms with Crippen molar-refractivity contribution >= 4 is 5.82 Å². The summed E-state index contributed by atoms with van der Waals surface area (Å²) >= 11 is 0. The van der Waals surface area contributed by atoms with Crippen molar-refractivity contribution < 1.29 is 8.78 Å². The number of aryl methyl sites for hydroxylation is 1. The second-order valence-electron chi connectivity index (χ2n) is 3.92. The van der Waals surface area contributed by atoms with E-state index in [1.165, 1.54) is 6.07 Å². The van der Waals surface area contributed by atoms with Gasteiger partial charge in [-0.05, 0) is 25.1 Å². The molecule has 2 aromatic rings. The molecule has 0 aliphatic rings. The second kappa shape index (κ2) is 4.60. The van der Waals surface area contributed by atoms with Crippen LogP contribution in [-0.2, 0) is 6.54 Å². The van der Waals surface area contributed by atoms with Gasteiger partial charge in [0.25, 0.3) is 0 Å². The zero-order chi connectivity index (χ0) is 13.3. The number of halogens is 2. The van der Waals surface area contributed by atoms with Crippen molar-refractivity contribution in [1.29, 1.82) is 0 Å². The summed E-state index contributed by atoms with van der Waals surface area (Å²) in [5.74, 6) is -0.687. The fourth-order valence-corrected chi connectivity index (χ4v) is 1.80. The smallest absolute Gasteiger partial charge is 0.159 e. The summed E-state index contributed by atoms with van der Waals surface area (Å²) in [5, 5.41) is 0. The molecule has 0 aliphatic heterocycles. The minimum atomic E-state index is -0.914. The van der Waals surface area contributed by atoms with Crippen molar-refractivity contribution in [2.45, 2.75) is 13.5 Å². The molecule has 0 amide bonds. The van der Waals surface area contributed by atoms with Crippen LogP contribution >= 0.6 is 0 Å². The average molecular weight is 249 g/mol. The molecule has 2 rings (SSSR count). The maximum Gasteiger partial charge on any atom is 0.159 e. The van der Waals surface area contributed by atoms with Crippen LogP contribution in [0.5, 0.6) is 0 Å². The standard InChI is InChI=1S/C13H13F2N3/c1-3-6-18-8(2)17-12(13(18)16)9-4-5-10(14)11(15)7-9/h3-5,7H,1,6,16H2,2H3. The summed E-state index contributed by atoms with van der Waals surface area (Å²) < 4.78 is 27.8. The lowest BCUT2D eigenvalue weighted by Crippen LogP contribution is -2.03. The van der Waals surface area contributed by atoms with E-state index in [0.29, 0.717) is 29.4 Å². The fraction of sp³-hybridized carbons (Fsp3) is 0.154. The first-order valence-corrected chi connectivity index (χ1v) is 5.43. The predicted octanol–water partition coefficient (Wildman–Crippen LogP) is 2.90. The van der Waals surface area contributed by atoms with Gasteiger partial charge in [-0.15, -0.1) is 6.58 Å². The average Bonchev–Trinajstić information content (AvgIpc) is 2.61. The van der Waals surface area contributed by atoms with E-state index in [0.717, 1.165) is 12.1 Å². The maximum atomic E-state index is 13.2. The number of nitrogen functional groups attached to an aromatic ring is 1. The molecule has 0 unspecified atom stereocenters. The van der Waals surface area contributed by atoms with Crippen molar-refractivity contribution in [3.63, 3.8) is 0 Å². The molecular formula is C13H13F2N3. The minimum Gasteiger partial charge on any atom is -0.383 e. The number of nitrogens with two attached hydrogens (primary N) is 1. The molecule has 0 fully saturated rings. The Kier molecular flexibility index (Phi) is 3.14. The summed E-state index contributed by atoms with van der Waals surface area (Å²) in [6.07, 6.45) is 1.69. The summed E-state index contributed by atoms with van der Waals surface area (Å²) in [5.41, 5.74) is 6.85. The Balaban J connectivity index is 2.54. The third-order valence-electron chi connectivity index (χ3n) is 2.70. The highest BCUT2D eigenvalue weighted by Gasteiger charge is 2.14. The summed E-state index contributed by atoms with van der Waals surface area (Å²) in [7, 11) is 0. The molecule has 0 aliphatic carbocycles. The third-order valence-corrected chi connectivity index (χ3v) is 2.70. The number of hydrogen-bond acceptors (Lipinski definition) is 2. The number of allylic oxidation sites excluding steroid dienone is 1. The first-order chi connectivity index (χ1) is 8.54. The van der Waals surface area contributed by atoms with Crippen LogP contribution in [0.4, 0.5) is 14.6 Å². The lowest BCUT2D eigenvalue weighted by molar-refractivity contribution is 0.509. The normalized spacial score (nSPS) is 10.6. The van der Waals surface area contributed by atoms with E-state index < -0.39 is 11.6 Å². The number of nitrogens with zero attached hydrogens (tertiary/aromatic N) is 2. The first kappa shape index (κ1) is 12.3. The number of benzene rings is 1. The van der Waals surface area contributed by atoms with Crippen LogP contribution < -0.4 is 5.73 Å². The van der Waals surface area contributed by atoms with Crippen LogP contribution in [-0.4, -0.2) is 9.55 Å². The lowest BCUT2D eigenvalue weighted by atomic mass is 10.1. The van der Waals surface area contributed by atoms with Crippen molar-refractivity contribution in [3.8, 4) is 11.3 Å². The van der Waals surface area contributed by atoms with Crippen LogP contribution in [0.3, 0.4) is 0 Å². The molecule has 1 aromatic heterocycles. The quantitative estimate of drug-likeness (QED) is 0.850. The highest BCUT2D eigenvalue weighted by molar-refractivity contribution is 5.71. The predicted molar refractivity (Wildman–Crippen MR) is 66.9 cm³/mol. The molecule has 0 atom stereocenters. The van der Waals surface area contributed by atoms with Crippen molar-refractivity contribution in [2.75, 3.05) is 5.73 Å². The zero-order valence-electron chi connectivity index (χ0n) is 9.95. The molecule has 0 saturated heterocycles. The van der Waals surface area contributed by atoms with Crippen LogP contribution in [0.25, 0.3) is 11.3 Å². The van der Waals surface area contributed by atoms with Crippen molar-refractivity contribution in [2.24, 2.45) is 0 Å². The Morgan fingerprint density at radius 2 is 2.11 bits per heavy atom. The van der Waals surface area contributed by atoms with Gasteiger partial charge < -0.3 is 10.3 Å². The Labute approximate surface area is 104 Å². The van der Waals surface area contributed by atoms with E-state index in [2.05, 4.69) is 11.6 Å². The maximum absolute atomic E-state index is 13.2. The summed E-state index contributed by atoms with van der Waals surface area (Å²) in [6, 6.07) is 3.60. The van der Waals surface area contributed by atoms with Gasteiger partial charge in [-0.1, -0.05) is 6.08 Å². The third kappa shape index (κ3) is 1.99. The molecule has 0 saturated carbocycles. The number of hydrogen-bond donors (Lipinski definition) is 1. The number of imidazole rings is 1. The van der Waals surface area contributed by atoms with Crippen molar-refractivity contribution in [3.05, 3.63) is 48.3 Å². The van der Waals surface area contributed by atoms with Gasteiger partial charge in [-0.3, -0.25) is 0 Å². The second-order valence-corrected chi connectivity index (χ2v) is 3.92. The molecule has 1 heterocycles. The minimum absolute atomic E-state index is 0.415. The Morgan fingerprint density at radius 3 is 2.72 bits per heavy atom. The van der Waals surface area contributed by atoms with E-state index >= 15 is 0 Å². The molecule has 18 heavy (non-hydrogen) atoms. The Bertz CT molecular complexity index is 603. The van der Waals surface area contributed by atoms with Crippen LogP contribution in [0, 0.1) is 18.6 Å². The Morgan fingerprint density at radius 1 is 1.39 bits per heavy atom. The van der Waals surface area contributed by atoms with E-state index in [4.69, 9.17) is 5.73 Å². The topological polar surface area (TPSA) is 43.8 Å². The molecule has 3 nitrogen and oxygen atoms in total. The molecule has 0 radical (unpaired) electrons. The van der Waals surface area contributed by atoms with Gasteiger partial charge in [0.15, 0.2) is 11.6 Å². The summed E-state index contributed by atoms with van der Waals surface area (Å²) in [6.45, 7) is 5.95. The highest BCUT2D eigenvalue weighted by Crippen LogP contribution is 2.27. The molecule has 5 heteroatoms. The van der Waals surface area contributed by atoms with Crippen LogP contribution in [0.1, 0.15) is 5.82 Å². The van der Waals surface area contributed by atoms with E-state index in [9.17, 15) is 8.78 Å². The van der Waals surface area contributed by atoms with Gasteiger partial charge >= 0.3 is 0 Å². The zero-order valence-corrected chi connectivity index (χ0v) is 9.95. The van der Waals surface area contributed by atoms with E-state index in [-0.39, 0.29) is 0 Å². The lowest BCUT2D eigenvalue weighted by Gasteiger charge is -2.04. The van der Waals surface area contributed by atoms with Crippen LogP contribution in [0.2, 0.25) is 0 Å². The highest BCUT2D eigenvalue weighted by atomic mass is 19.2. The molecule has 2 N–H and O–H groups in total. The SMILES string of the molecule is C=CCn1c(C)nc(-c2ccc(F)c(F)c2)c1N. The monoisotopic (exact) mass is 249 g/mol. The summed E-state index contributed by atoms with van der Waals surface area (Å²) in [4.78, 5) is 4.27. The first-order valence-electron chi connectivity index (χ1n) is 5.43. The van der Waals surface area contributed by atoms with Gasteiger partial charge in [0.05, 0.1) is 0 Å². The molecule has 94 valence electrons. The van der Waals surface area contributed by atoms with E-state index in [1.54, 1.807) is 17.6 Å². The molecule has 1 aromatic carbocycles. The Hall–Kier alpha value is -2.17. The van der Waals surface area contributed by atoms with E-state index in [1.807, 2.05) is 0 Å². The number of aromatic nitrogens is 2. The van der Waals surface area contributed by atoms with Gasteiger partial charge in [0.1, 0.15) is 17.3 Å². The van der Waals surface area contributed by atoms with Crippen LogP contribution in [0.15, 0.2) is 30.9 Å². The van der Waals surface area contributed by atoms with Gasteiger partial charge in [-0.2, -0.15) is 0 Å². The van der Waals surface area contributed by atoms with Crippen molar-refractivity contribution in [1.82, 2.24) is 9.55 Å². The van der Waals surface area contributed by atoms with Gasteiger partial charge in [0, 0.05) is 12.1 Å². The largest absolute Gasteiger partial charge is 0.383 e. The van der Waals surface area contributed by atoms with Gasteiger partial charge in [-0.25, -0.2) is 13.8 Å². The molecular weight excluding hydrogens is 236 g/mol. The molecule has 0 bridgehead atoms. The fourth-order valence-electron chi connectivity index (χ4n) is 1.80. The number of anilines is 1. The van der Waals surface area contributed by atoms with Gasteiger partial charge in [0.2, 0.25) is 0 Å².